The first-order valence-corrected chi connectivity index (χ1v) is 7.78. The highest BCUT2D eigenvalue weighted by Gasteiger charge is 2.46. The summed E-state index contributed by atoms with van der Waals surface area (Å²) in [5.41, 5.74) is -0.750. The summed E-state index contributed by atoms with van der Waals surface area (Å²) in [4.78, 5) is 17.0. The Bertz CT molecular complexity index is 438. The predicted molar refractivity (Wildman–Crippen MR) is 75.5 cm³/mol. The Morgan fingerprint density at radius 1 is 1.33 bits per heavy atom. The normalized spacial score (nSPS) is 29.9. The molecule has 1 unspecified atom stereocenters. The summed E-state index contributed by atoms with van der Waals surface area (Å²) >= 11 is 0. The highest BCUT2D eigenvalue weighted by molar-refractivity contribution is 5.85. The maximum absolute atomic E-state index is 12.9. The van der Waals surface area contributed by atoms with Crippen molar-refractivity contribution in [1.29, 1.82) is 5.26 Å². The van der Waals surface area contributed by atoms with Crippen LogP contribution in [0.15, 0.2) is 0 Å². The Hall–Kier alpha value is -1.16. The van der Waals surface area contributed by atoms with Crippen LogP contribution >= 0.6 is 0 Å². The van der Waals surface area contributed by atoms with Gasteiger partial charge >= 0.3 is 0 Å². The van der Waals surface area contributed by atoms with Gasteiger partial charge in [0.2, 0.25) is 0 Å². The maximum Gasteiger partial charge on any atom is 0.255 e. The summed E-state index contributed by atoms with van der Waals surface area (Å²) in [5.74, 6) is 0.0315. The molecule has 2 saturated heterocycles. The van der Waals surface area contributed by atoms with Crippen molar-refractivity contribution in [3.8, 4) is 6.07 Å². The van der Waals surface area contributed by atoms with E-state index in [1.165, 1.54) is 12.8 Å². The number of hydrogen-bond acceptors (Lipinski definition) is 5. The van der Waals surface area contributed by atoms with E-state index < -0.39 is 5.60 Å². The van der Waals surface area contributed by atoms with Gasteiger partial charge in [0.05, 0.1) is 6.07 Å². The number of hydrogen-bond donors (Lipinski definition) is 0. The second-order valence-corrected chi connectivity index (χ2v) is 6.18. The van der Waals surface area contributed by atoms with Gasteiger partial charge in [-0.25, -0.2) is 0 Å². The Labute approximate surface area is 125 Å². The van der Waals surface area contributed by atoms with Gasteiger partial charge in [0, 0.05) is 58.8 Å². The van der Waals surface area contributed by atoms with Crippen molar-refractivity contribution >= 4 is 5.91 Å². The minimum absolute atomic E-state index is 0.0315. The summed E-state index contributed by atoms with van der Waals surface area (Å²) in [6.07, 6.45) is 3.57. The van der Waals surface area contributed by atoms with Crippen LogP contribution in [0.5, 0.6) is 0 Å². The van der Waals surface area contributed by atoms with Gasteiger partial charge in [-0.15, -0.1) is 0 Å². The van der Waals surface area contributed by atoms with Crippen molar-refractivity contribution in [2.24, 2.45) is 0 Å². The molecule has 1 saturated carbocycles. The molecule has 3 rings (SSSR count). The third kappa shape index (κ3) is 2.78. The number of methoxy groups -OCH3 is 1. The van der Waals surface area contributed by atoms with Crippen LogP contribution in [0.3, 0.4) is 0 Å². The lowest BCUT2D eigenvalue weighted by Gasteiger charge is -2.43. The fraction of sp³-hybridized carbons (Fsp3) is 0.867. The average molecular weight is 293 g/mol. The van der Waals surface area contributed by atoms with E-state index in [0.29, 0.717) is 45.2 Å². The molecule has 6 nitrogen and oxygen atoms in total. The van der Waals surface area contributed by atoms with Gasteiger partial charge in [0.1, 0.15) is 6.04 Å². The van der Waals surface area contributed by atoms with E-state index in [-0.39, 0.29) is 11.9 Å². The lowest BCUT2D eigenvalue weighted by Crippen LogP contribution is -2.60. The number of carbonyl (C=O) groups is 1. The Balaban J connectivity index is 1.68. The van der Waals surface area contributed by atoms with Crippen LogP contribution in [0.1, 0.15) is 25.7 Å². The van der Waals surface area contributed by atoms with Crippen molar-refractivity contribution in [2.75, 3.05) is 40.0 Å². The number of nitriles is 1. The van der Waals surface area contributed by atoms with Gasteiger partial charge in [-0.3, -0.25) is 9.69 Å². The van der Waals surface area contributed by atoms with Crippen LogP contribution in [-0.4, -0.2) is 73.3 Å². The molecule has 0 N–H and O–H groups in total. The van der Waals surface area contributed by atoms with E-state index in [4.69, 9.17) is 9.47 Å². The number of ether oxygens (including phenoxy) is 2. The van der Waals surface area contributed by atoms with Crippen LogP contribution in [-0.2, 0) is 14.3 Å². The molecule has 2 aliphatic heterocycles. The molecule has 21 heavy (non-hydrogen) atoms. The molecule has 1 amide bonds. The van der Waals surface area contributed by atoms with Crippen molar-refractivity contribution in [3.05, 3.63) is 0 Å². The average Bonchev–Trinajstić information content (AvgIpc) is 3.39. The monoisotopic (exact) mass is 293 g/mol. The number of amides is 1. The Morgan fingerprint density at radius 3 is 2.62 bits per heavy atom. The predicted octanol–water partition coefficient (Wildman–Crippen LogP) is 0.381. The number of piperazine rings is 1. The molecule has 1 aliphatic carbocycles. The summed E-state index contributed by atoms with van der Waals surface area (Å²) in [7, 11) is 1.60. The van der Waals surface area contributed by atoms with Gasteiger partial charge in [0.15, 0.2) is 5.60 Å². The molecule has 0 aromatic carbocycles. The highest BCUT2D eigenvalue weighted by atomic mass is 16.5. The van der Waals surface area contributed by atoms with E-state index in [1.807, 2.05) is 4.90 Å². The fourth-order valence-corrected chi connectivity index (χ4v) is 3.43. The summed E-state index contributed by atoms with van der Waals surface area (Å²) in [5, 5.41) is 9.39. The van der Waals surface area contributed by atoms with Crippen molar-refractivity contribution in [2.45, 2.75) is 43.4 Å². The minimum Gasteiger partial charge on any atom is -0.381 e. The molecule has 6 heteroatoms. The first kappa shape index (κ1) is 14.8. The molecular formula is C15H23N3O3. The summed E-state index contributed by atoms with van der Waals surface area (Å²) in [6.45, 7) is 3.11. The zero-order valence-electron chi connectivity index (χ0n) is 12.6. The van der Waals surface area contributed by atoms with E-state index in [2.05, 4.69) is 11.0 Å². The van der Waals surface area contributed by atoms with Gasteiger partial charge in [-0.2, -0.15) is 5.26 Å². The maximum atomic E-state index is 12.9. The second-order valence-electron chi connectivity index (χ2n) is 6.18. The van der Waals surface area contributed by atoms with Crippen molar-refractivity contribution < 1.29 is 14.3 Å². The van der Waals surface area contributed by atoms with Crippen LogP contribution < -0.4 is 0 Å². The first-order valence-electron chi connectivity index (χ1n) is 7.78. The molecule has 0 bridgehead atoms. The van der Waals surface area contributed by atoms with E-state index >= 15 is 0 Å². The first-order chi connectivity index (χ1) is 10.2. The Morgan fingerprint density at radius 2 is 2.05 bits per heavy atom. The third-order valence-electron chi connectivity index (χ3n) is 4.95. The number of carbonyl (C=O) groups excluding carboxylic acids is 1. The van der Waals surface area contributed by atoms with Crippen LogP contribution in [0.4, 0.5) is 0 Å². The SMILES string of the molecule is COC1(C(=O)N2CCN(C3CC3)C(C#N)C2)CCOCC1. The standard InChI is InChI=1S/C15H23N3O3/c1-20-15(4-8-21-9-5-15)14(19)17-6-7-18(12-2-3-12)13(10-16)11-17/h12-13H,2-9,11H2,1H3. The molecule has 0 spiro atoms. The van der Waals surface area contributed by atoms with Crippen LogP contribution in [0.25, 0.3) is 0 Å². The minimum atomic E-state index is -0.750. The summed E-state index contributed by atoms with van der Waals surface area (Å²) in [6, 6.07) is 2.74. The van der Waals surface area contributed by atoms with Gasteiger partial charge in [-0.05, 0) is 12.8 Å². The zero-order chi connectivity index (χ0) is 14.9. The van der Waals surface area contributed by atoms with Gasteiger partial charge in [0.25, 0.3) is 5.91 Å². The fourth-order valence-electron chi connectivity index (χ4n) is 3.43. The molecule has 3 fully saturated rings. The Kier molecular flexibility index (Phi) is 4.16. The number of nitrogens with zero attached hydrogens (tertiary/aromatic N) is 3. The zero-order valence-corrected chi connectivity index (χ0v) is 12.6. The van der Waals surface area contributed by atoms with Crippen LogP contribution in [0, 0.1) is 11.3 Å². The van der Waals surface area contributed by atoms with Crippen LogP contribution in [0.2, 0.25) is 0 Å². The lowest BCUT2D eigenvalue weighted by atomic mass is 9.91. The molecule has 0 aromatic heterocycles. The lowest BCUT2D eigenvalue weighted by molar-refractivity contribution is -0.168. The summed E-state index contributed by atoms with van der Waals surface area (Å²) < 4.78 is 10.9. The molecule has 116 valence electrons. The smallest absolute Gasteiger partial charge is 0.255 e. The molecule has 2 heterocycles. The van der Waals surface area contributed by atoms with E-state index in [0.717, 1.165) is 6.54 Å². The molecule has 0 aromatic rings. The highest BCUT2D eigenvalue weighted by Crippen LogP contribution is 2.32. The third-order valence-corrected chi connectivity index (χ3v) is 4.95. The number of rotatable bonds is 3. The van der Waals surface area contributed by atoms with Crippen molar-refractivity contribution in [1.82, 2.24) is 9.80 Å². The van der Waals surface area contributed by atoms with Gasteiger partial charge in [-0.1, -0.05) is 0 Å². The topological polar surface area (TPSA) is 65.8 Å². The molecule has 3 aliphatic rings. The molecular weight excluding hydrogens is 270 g/mol. The van der Waals surface area contributed by atoms with Crippen molar-refractivity contribution in [3.63, 3.8) is 0 Å². The van der Waals surface area contributed by atoms with E-state index in [1.54, 1.807) is 7.11 Å². The largest absolute Gasteiger partial charge is 0.381 e. The quantitative estimate of drug-likeness (QED) is 0.752. The molecule has 1 atom stereocenters. The van der Waals surface area contributed by atoms with Gasteiger partial charge < -0.3 is 14.4 Å². The second kappa shape index (κ2) is 5.91. The van der Waals surface area contributed by atoms with E-state index in [9.17, 15) is 10.1 Å². The molecule has 0 radical (unpaired) electrons.